The fourth-order valence-electron chi connectivity index (χ4n) is 10.6. The maximum Gasteiger partial charge on any atom is 0.159 e. The SMILES string of the molecule is CC1(C)c2ccccc2-c2ccc(N(c3cccc4c3oc3ccccc34)c3cccc4c3oc3c(-c5cccc6c5sc5ccccc56)c5c(cc34)oc3ccccc35)cc21. The van der Waals surface area contributed by atoms with Crippen molar-refractivity contribution >= 4 is 114 Å². The number of anilines is 3. The van der Waals surface area contributed by atoms with Crippen LogP contribution in [0.1, 0.15) is 25.0 Å². The van der Waals surface area contributed by atoms with Crippen LogP contribution in [0.15, 0.2) is 189 Å². The maximum atomic E-state index is 7.49. The van der Waals surface area contributed by atoms with E-state index in [1.54, 1.807) is 0 Å². The summed E-state index contributed by atoms with van der Waals surface area (Å²) in [6.45, 7) is 4.67. The Hall–Kier alpha value is -7.60. The second-order valence-corrected chi connectivity index (χ2v) is 18.2. The van der Waals surface area contributed by atoms with Gasteiger partial charge in [-0.3, -0.25) is 0 Å². The van der Waals surface area contributed by atoms with Crippen molar-refractivity contribution in [1.82, 2.24) is 0 Å². The van der Waals surface area contributed by atoms with Crippen molar-refractivity contribution in [2.75, 3.05) is 4.90 Å². The van der Waals surface area contributed by atoms with Gasteiger partial charge in [-0.2, -0.15) is 0 Å². The molecule has 62 heavy (non-hydrogen) atoms. The van der Waals surface area contributed by atoms with Gasteiger partial charge in [-0.25, -0.2) is 0 Å². The van der Waals surface area contributed by atoms with Crippen LogP contribution in [0.2, 0.25) is 0 Å². The number of hydrogen-bond donors (Lipinski definition) is 0. The first-order valence-electron chi connectivity index (χ1n) is 21.2. The number of hydrogen-bond acceptors (Lipinski definition) is 5. The molecule has 0 N–H and O–H groups in total. The van der Waals surface area contributed by atoms with Crippen LogP contribution in [0.25, 0.3) is 108 Å². The molecule has 0 atom stereocenters. The van der Waals surface area contributed by atoms with Crippen molar-refractivity contribution in [3.8, 4) is 22.3 Å². The minimum atomic E-state index is -0.191. The Bertz CT molecular complexity index is 4040. The summed E-state index contributed by atoms with van der Waals surface area (Å²) in [6, 6.07) is 63.0. The molecule has 5 heteroatoms. The highest BCUT2D eigenvalue weighted by atomic mass is 32.1. The zero-order valence-electron chi connectivity index (χ0n) is 33.8. The van der Waals surface area contributed by atoms with E-state index in [4.69, 9.17) is 13.3 Å². The van der Waals surface area contributed by atoms with Gasteiger partial charge in [-0.05, 0) is 70.8 Å². The second-order valence-electron chi connectivity index (χ2n) is 17.1. The zero-order chi connectivity index (χ0) is 40.8. The average molecular weight is 814 g/mol. The third kappa shape index (κ3) is 4.50. The summed E-state index contributed by atoms with van der Waals surface area (Å²) in [7, 11) is 0. The molecule has 1 aliphatic rings. The number of furan rings is 3. The fourth-order valence-corrected chi connectivity index (χ4v) is 11.9. The van der Waals surface area contributed by atoms with Gasteiger partial charge in [0.05, 0.1) is 11.4 Å². The van der Waals surface area contributed by atoms with Crippen molar-refractivity contribution in [2.45, 2.75) is 19.3 Å². The van der Waals surface area contributed by atoms with E-state index in [-0.39, 0.29) is 5.41 Å². The smallest absolute Gasteiger partial charge is 0.159 e. The molecule has 292 valence electrons. The molecule has 0 bridgehead atoms. The summed E-state index contributed by atoms with van der Waals surface area (Å²) in [6.07, 6.45) is 0. The third-order valence-corrected chi connectivity index (χ3v) is 14.7. The van der Waals surface area contributed by atoms with Crippen LogP contribution in [0.4, 0.5) is 17.1 Å². The maximum absolute atomic E-state index is 7.49. The molecule has 0 saturated heterocycles. The van der Waals surface area contributed by atoms with Gasteiger partial charge in [-0.1, -0.05) is 141 Å². The largest absolute Gasteiger partial charge is 0.456 e. The number of para-hydroxylation sites is 4. The van der Waals surface area contributed by atoms with E-state index in [2.05, 4.69) is 183 Å². The lowest BCUT2D eigenvalue weighted by molar-refractivity contribution is 0.660. The van der Waals surface area contributed by atoms with Crippen LogP contribution in [0.5, 0.6) is 0 Å². The molecule has 0 aliphatic heterocycles. The molecule has 13 aromatic rings. The molecule has 0 unspecified atom stereocenters. The van der Waals surface area contributed by atoms with Gasteiger partial charge >= 0.3 is 0 Å². The average Bonchev–Trinajstić information content (AvgIpc) is 4.12. The highest BCUT2D eigenvalue weighted by molar-refractivity contribution is 7.26. The second kappa shape index (κ2) is 12.3. The number of fused-ring (bicyclic) bond motifs is 15. The van der Waals surface area contributed by atoms with E-state index in [1.165, 1.54) is 42.4 Å². The topological polar surface area (TPSA) is 42.7 Å². The summed E-state index contributed by atoms with van der Waals surface area (Å²) in [5, 5.41) is 8.81. The molecular formula is C57H35NO3S. The van der Waals surface area contributed by atoms with E-state index < -0.39 is 0 Å². The van der Waals surface area contributed by atoms with Crippen LogP contribution in [0.3, 0.4) is 0 Å². The summed E-state index contributed by atoms with van der Waals surface area (Å²) < 4.78 is 23.5. The summed E-state index contributed by atoms with van der Waals surface area (Å²) in [5.41, 5.74) is 15.1. The third-order valence-electron chi connectivity index (χ3n) is 13.5. The Kier molecular flexibility index (Phi) is 6.75. The Morgan fingerprint density at radius 3 is 1.87 bits per heavy atom. The zero-order valence-corrected chi connectivity index (χ0v) is 34.6. The molecule has 0 saturated carbocycles. The molecular weight excluding hydrogens is 779 g/mol. The van der Waals surface area contributed by atoms with Crippen molar-refractivity contribution in [3.05, 3.63) is 187 Å². The Balaban J connectivity index is 1.10. The van der Waals surface area contributed by atoms with Gasteiger partial charge in [0, 0.05) is 74.7 Å². The van der Waals surface area contributed by atoms with Crippen molar-refractivity contribution in [1.29, 1.82) is 0 Å². The van der Waals surface area contributed by atoms with Gasteiger partial charge in [-0.15, -0.1) is 11.3 Å². The Labute approximate surface area is 359 Å². The summed E-state index contributed by atoms with van der Waals surface area (Å²) >= 11 is 1.83. The highest BCUT2D eigenvalue weighted by Crippen LogP contribution is 2.54. The van der Waals surface area contributed by atoms with Gasteiger partial charge in [0.15, 0.2) is 11.2 Å². The lowest BCUT2D eigenvalue weighted by Crippen LogP contribution is -2.16. The molecule has 0 spiro atoms. The number of rotatable bonds is 4. The van der Waals surface area contributed by atoms with Gasteiger partial charge in [0.2, 0.25) is 0 Å². The predicted molar refractivity (Wildman–Crippen MR) is 259 cm³/mol. The van der Waals surface area contributed by atoms with Crippen LogP contribution < -0.4 is 4.90 Å². The van der Waals surface area contributed by atoms with E-state index >= 15 is 0 Å². The van der Waals surface area contributed by atoms with Crippen molar-refractivity contribution < 1.29 is 13.3 Å². The van der Waals surface area contributed by atoms with E-state index in [0.717, 1.165) is 94.0 Å². The summed E-state index contributed by atoms with van der Waals surface area (Å²) in [4.78, 5) is 2.35. The molecule has 4 heterocycles. The van der Waals surface area contributed by atoms with Crippen LogP contribution in [-0.2, 0) is 5.41 Å². The van der Waals surface area contributed by atoms with Crippen LogP contribution >= 0.6 is 11.3 Å². The quantitative estimate of drug-likeness (QED) is 0.177. The standard InChI is InChI=1S/C57H35NO3S/c1-57(2)43-22-7-3-14-33(43)34-29-28-32(30-44(34)57)58(45-23-12-18-37-35-15-4-8-25-47(35)60-53(37)45)46-24-13-19-38-42-31-49-51(40-17-5-9-26-48(40)59-49)52(55(42)61-54(38)46)41-21-11-20-39-36-16-6-10-27-50(36)62-56(39)41/h3-31H,1-2H3. The lowest BCUT2D eigenvalue weighted by Gasteiger charge is -2.28. The monoisotopic (exact) mass is 813 g/mol. The van der Waals surface area contributed by atoms with Gasteiger partial charge in [0.1, 0.15) is 22.3 Å². The first-order chi connectivity index (χ1) is 30.5. The fraction of sp³-hybridized carbons (Fsp3) is 0.0526. The normalized spacial score (nSPS) is 13.5. The Morgan fingerprint density at radius 1 is 0.419 bits per heavy atom. The molecule has 14 rings (SSSR count). The van der Waals surface area contributed by atoms with E-state index in [9.17, 15) is 0 Å². The highest BCUT2D eigenvalue weighted by Gasteiger charge is 2.36. The molecule has 9 aromatic carbocycles. The summed E-state index contributed by atoms with van der Waals surface area (Å²) in [5.74, 6) is 0. The Morgan fingerprint density at radius 2 is 1.03 bits per heavy atom. The van der Waals surface area contributed by atoms with E-state index in [0.29, 0.717) is 0 Å². The molecule has 1 aliphatic carbocycles. The molecule has 0 radical (unpaired) electrons. The van der Waals surface area contributed by atoms with Gasteiger partial charge < -0.3 is 18.2 Å². The minimum absolute atomic E-state index is 0.191. The lowest BCUT2D eigenvalue weighted by atomic mass is 9.82. The number of thiophene rings is 1. The molecule has 0 amide bonds. The number of nitrogens with zero attached hydrogens (tertiary/aromatic N) is 1. The van der Waals surface area contributed by atoms with Crippen molar-refractivity contribution in [2.24, 2.45) is 0 Å². The van der Waals surface area contributed by atoms with Crippen LogP contribution in [0, 0.1) is 0 Å². The van der Waals surface area contributed by atoms with Crippen LogP contribution in [-0.4, -0.2) is 0 Å². The van der Waals surface area contributed by atoms with E-state index in [1.807, 2.05) is 23.5 Å². The van der Waals surface area contributed by atoms with Gasteiger partial charge in [0.25, 0.3) is 0 Å². The first kappa shape index (κ1) is 34.1. The molecule has 4 nitrogen and oxygen atoms in total. The van der Waals surface area contributed by atoms with Crippen molar-refractivity contribution in [3.63, 3.8) is 0 Å². The predicted octanol–water partition coefficient (Wildman–Crippen LogP) is 17.2. The first-order valence-corrected chi connectivity index (χ1v) is 22.0. The number of benzene rings is 9. The molecule has 4 aromatic heterocycles. The minimum Gasteiger partial charge on any atom is -0.456 e. The molecule has 0 fully saturated rings.